The number of benzene rings is 1. The molecule has 0 aliphatic heterocycles. The van der Waals surface area contributed by atoms with Crippen molar-refractivity contribution in [1.82, 2.24) is 9.55 Å². The summed E-state index contributed by atoms with van der Waals surface area (Å²) in [5.41, 5.74) is 1.13. The molecule has 0 saturated heterocycles. The highest BCUT2D eigenvalue weighted by atomic mass is 19.1. The van der Waals surface area contributed by atoms with Crippen molar-refractivity contribution in [2.45, 2.75) is 6.92 Å². The highest BCUT2D eigenvalue weighted by molar-refractivity contribution is 5.34. The van der Waals surface area contributed by atoms with Gasteiger partial charge in [0.2, 0.25) is 5.95 Å². The zero-order valence-corrected chi connectivity index (χ0v) is 7.62. The van der Waals surface area contributed by atoms with Gasteiger partial charge < -0.3 is 4.98 Å². The van der Waals surface area contributed by atoms with Crippen LogP contribution in [0.15, 0.2) is 35.3 Å². The minimum Gasteiger partial charge on any atom is -0.309 e. The third-order valence-electron chi connectivity index (χ3n) is 2.02. The molecule has 0 bridgehead atoms. The molecule has 0 aliphatic rings. The molecule has 0 amide bonds. The smallest absolute Gasteiger partial charge is 0.309 e. The van der Waals surface area contributed by atoms with E-state index in [1.807, 2.05) is 19.1 Å². The van der Waals surface area contributed by atoms with Crippen molar-refractivity contribution in [3.63, 3.8) is 0 Å². The summed E-state index contributed by atoms with van der Waals surface area (Å²) in [6.45, 7) is 1.93. The number of aromatic nitrogens is 2. The summed E-state index contributed by atoms with van der Waals surface area (Å²) in [4.78, 5) is 13.5. The standard InChI is InChI=1S/C10H9FN2O/c1-7-2-4-8(5-3-7)13-9(11)6-12-10(13)14/h2-6H,1H3,(H,12,14). The number of hydrogen-bond acceptors (Lipinski definition) is 1. The van der Waals surface area contributed by atoms with Gasteiger partial charge in [-0.05, 0) is 19.1 Å². The number of halogens is 1. The van der Waals surface area contributed by atoms with Crippen molar-refractivity contribution in [3.05, 3.63) is 52.5 Å². The number of nitrogens with one attached hydrogen (secondary N) is 1. The van der Waals surface area contributed by atoms with E-state index in [4.69, 9.17) is 0 Å². The average molecular weight is 192 g/mol. The van der Waals surface area contributed by atoms with Crippen LogP contribution < -0.4 is 5.69 Å². The third kappa shape index (κ3) is 1.35. The summed E-state index contributed by atoms with van der Waals surface area (Å²) in [5, 5.41) is 0. The maximum absolute atomic E-state index is 13.1. The van der Waals surface area contributed by atoms with Gasteiger partial charge in [-0.3, -0.25) is 0 Å². The first-order valence-electron chi connectivity index (χ1n) is 4.21. The highest BCUT2D eigenvalue weighted by Gasteiger charge is 2.06. The summed E-state index contributed by atoms with van der Waals surface area (Å²) in [7, 11) is 0. The van der Waals surface area contributed by atoms with Crippen molar-refractivity contribution in [3.8, 4) is 5.69 Å². The van der Waals surface area contributed by atoms with Crippen molar-refractivity contribution in [2.75, 3.05) is 0 Å². The van der Waals surface area contributed by atoms with Crippen molar-refractivity contribution >= 4 is 0 Å². The molecule has 2 aromatic rings. The van der Waals surface area contributed by atoms with Crippen LogP contribution in [0.1, 0.15) is 5.56 Å². The van der Waals surface area contributed by atoms with E-state index in [1.165, 1.54) is 0 Å². The topological polar surface area (TPSA) is 37.8 Å². The first-order chi connectivity index (χ1) is 6.68. The molecule has 3 nitrogen and oxygen atoms in total. The number of hydrogen-bond donors (Lipinski definition) is 1. The molecule has 1 aromatic heterocycles. The number of imidazole rings is 1. The number of H-pyrrole nitrogens is 1. The van der Waals surface area contributed by atoms with Crippen molar-refractivity contribution in [2.24, 2.45) is 0 Å². The number of rotatable bonds is 1. The van der Waals surface area contributed by atoms with Crippen molar-refractivity contribution < 1.29 is 4.39 Å². The molecule has 1 heterocycles. The summed E-state index contributed by atoms with van der Waals surface area (Å²) >= 11 is 0. The summed E-state index contributed by atoms with van der Waals surface area (Å²) < 4.78 is 14.1. The molecule has 4 heteroatoms. The van der Waals surface area contributed by atoms with Gasteiger partial charge in [-0.1, -0.05) is 17.7 Å². The molecular formula is C10H9FN2O. The second-order valence-corrected chi connectivity index (χ2v) is 3.09. The van der Waals surface area contributed by atoms with Crippen LogP contribution in [0.4, 0.5) is 4.39 Å². The molecule has 72 valence electrons. The summed E-state index contributed by atoms with van der Waals surface area (Å²) in [6, 6.07) is 7.06. The van der Waals surface area contributed by atoms with E-state index in [0.29, 0.717) is 5.69 Å². The van der Waals surface area contributed by atoms with Gasteiger partial charge in [0.05, 0.1) is 11.9 Å². The molecule has 0 spiro atoms. The van der Waals surface area contributed by atoms with Crippen LogP contribution in [0.2, 0.25) is 0 Å². The number of aromatic amines is 1. The SMILES string of the molecule is Cc1ccc(-n2c(F)c[nH]c2=O)cc1. The minimum absolute atomic E-state index is 0.466. The Balaban J connectivity index is 2.60. The summed E-state index contributed by atoms with van der Waals surface area (Å²) in [5.74, 6) is -0.584. The van der Waals surface area contributed by atoms with Crippen LogP contribution in [0.5, 0.6) is 0 Å². The Bertz CT molecular complexity index is 496. The van der Waals surface area contributed by atoms with Gasteiger partial charge in [-0.15, -0.1) is 0 Å². The van der Waals surface area contributed by atoms with Gasteiger partial charge in [0.1, 0.15) is 0 Å². The Morgan fingerprint density at radius 3 is 2.43 bits per heavy atom. The van der Waals surface area contributed by atoms with Crippen molar-refractivity contribution in [1.29, 1.82) is 0 Å². The van der Waals surface area contributed by atoms with Gasteiger partial charge in [0.25, 0.3) is 0 Å². The van der Waals surface area contributed by atoms with E-state index in [0.717, 1.165) is 16.3 Å². The lowest BCUT2D eigenvalue weighted by Gasteiger charge is -2.01. The Hall–Kier alpha value is -1.84. The molecule has 14 heavy (non-hydrogen) atoms. The maximum Gasteiger partial charge on any atom is 0.332 e. The molecule has 0 radical (unpaired) electrons. The maximum atomic E-state index is 13.1. The van der Waals surface area contributed by atoms with Crippen LogP contribution in [-0.2, 0) is 0 Å². The van der Waals surface area contributed by atoms with E-state index in [2.05, 4.69) is 4.98 Å². The molecule has 2 rings (SSSR count). The Kier molecular flexibility index (Phi) is 1.96. The minimum atomic E-state index is -0.584. The number of nitrogens with zero attached hydrogens (tertiary/aromatic N) is 1. The molecule has 0 atom stereocenters. The van der Waals surface area contributed by atoms with E-state index in [-0.39, 0.29) is 0 Å². The van der Waals surface area contributed by atoms with E-state index >= 15 is 0 Å². The van der Waals surface area contributed by atoms with Gasteiger partial charge in [-0.2, -0.15) is 4.39 Å². The Morgan fingerprint density at radius 2 is 1.93 bits per heavy atom. The second-order valence-electron chi connectivity index (χ2n) is 3.09. The van der Waals surface area contributed by atoms with Crippen LogP contribution >= 0.6 is 0 Å². The Labute approximate surface area is 79.8 Å². The molecular weight excluding hydrogens is 183 g/mol. The normalized spacial score (nSPS) is 10.4. The third-order valence-corrected chi connectivity index (χ3v) is 2.02. The predicted octanol–water partition coefficient (Wildman–Crippen LogP) is 1.61. The molecule has 0 fully saturated rings. The monoisotopic (exact) mass is 192 g/mol. The first-order valence-corrected chi connectivity index (χ1v) is 4.21. The van der Waals surface area contributed by atoms with Crippen LogP contribution in [-0.4, -0.2) is 9.55 Å². The van der Waals surface area contributed by atoms with Crippen LogP contribution in [0.3, 0.4) is 0 Å². The molecule has 0 unspecified atom stereocenters. The largest absolute Gasteiger partial charge is 0.332 e. The lowest BCUT2D eigenvalue weighted by molar-refractivity contribution is 0.555. The lowest BCUT2D eigenvalue weighted by Crippen LogP contribution is -2.16. The van der Waals surface area contributed by atoms with E-state index in [9.17, 15) is 9.18 Å². The first kappa shape index (κ1) is 8.74. The molecule has 0 aliphatic carbocycles. The summed E-state index contributed by atoms with van der Waals surface area (Å²) in [6.07, 6.45) is 1.04. The van der Waals surface area contributed by atoms with Crippen LogP contribution in [0.25, 0.3) is 5.69 Å². The van der Waals surface area contributed by atoms with Gasteiger partial charge in [-0.25, -0.2) is 9.36 Å². The second kappa shape index (κ2) is 3.14. The van der Waals surface area contributed by atoms with Gasteiger partial charge in [0, 0.05) is 0 Å². The van der Waals surface area contributed by atoms with Gasteiger partial charge in [0.15, 0.2) is 0 Å². The average Bonchev–Trinajstić information content (AvgIpc) is 2.49. The van der Waals surface area contributed by atoms with E-state index < -0.39 is 11.6 Å². The predicted molar refractivity (Wildman–Crippen MR) is 51.1 cm³/mol. The molecule has 1 N–H and O–H groups in total. The number of aryl methyl sites for hydroxylation is 1. The zero-order chi connectivity index (χ0) is 10.1. The molecule has 0 saturated carbocycles. The lowest BCUT2D eigenvalue weighted by atomic mass is 10.2. The Morgan fingerprint density at radius 1 is 1.29 bits per heavy atom. The highest BCUT2D eigenvalue weighted by Crippen LogP contribution is 2.08. The fraction of sp³-hybridized carbons (Fsp3) is 0.100. The van der Waals surface area contributed by atoms with Crippen LogP contribution in [0, 0.1) is 12.9 Å². The fourth-order valence-electron chi connectivity index (χ4n) is 1.28. The zero-order valence-electron chi connectivity index (χ0n) is 7.62. The van der Waals surface area contributed by atoms with E-state index in [1.54, 1.807) is 12.1 Å². The fourth-order valence-corrected chi connectivity index (χ4v) is 1.28. The van der Waals surface area contributed by atoms with Gasteiger partial charge >= 0.3 is 5.69 Å². The molecule has 1 aromatic carbocycles. The quantitative estimate of drug-likeness (QED) is 0.732.